The lowest BCUT2D eigenvalue weighted by Crippen LogP contribution is -2.42. The molecule has 0 atom stereocenters. The molecule has 2 aromatic carbocycles. The Morgan fingerprint density at radius 2 is 2.06 bits per heavy atom. The first-order valence-corrected chi connectivity index (χ1v) is 12.9. The van der Waals surface area contributed by atoms with Crippen molar-refractivity contribution in [2.24, 2.45) is 0 Å². The highest BCUT2D eigenvalue weighted by atomic mass is 35.5. The molecule has 1 aliphatic rings. The molecule has 9 nitrogen and oxygen atoms in total. The summed E-state index contributed by atoms with van der Waals surface area (Å²) in [6.45, 7) is 6.05. The minimum absolute atomic E-state index is 0.0628. The van der Waals surface area contributed by atoms with Crippen LogP contribution in [0.1, 0.15) is 5.56 Å². The first-order valence-electron chi connectivity index (χ1n) is 10.3. The second-order valence-corrected chi connectivity index (χ2v) is 10.3. The van der Waals surface area contributed by atoms with Gasteiger partial charge in [-0.3, -0.25) is 10.2 Å². The number of urea groups is 1. The SMILES string of the molecule is Cc1cccc(Cl)c1S(=O)(=O)Oc1ccc2nc(NC(=O)NCCN3CCOCC3)sc2c1. The van der Waals surface area contributed by atoms with Gasteiger partial charge in [0, 0.05) is 32.2 Å². The first-order chi connectivity index (χ1) is 15.8. The molecule has 2 heterocycles. The third kappa shape index (κ3) is 5.92. The summed E-state index contributed by atoms with van der Waals surface area (Å²) in [5, 5.41) is 6.02. The van der Waals surface area contributed by atoms with Crippen molar-refractivity contribution in [3.8, 4) is 5.75 Å². The quantitative estimate of drug-likeness (QED) is 0.468. The predicted molar refractivity (Wildman–Crippen MR) is 128 cm³/mol. The number of ether oxygens (including phenoxy) is 1. The van der Waals surface area contributed by atoms with Crippen LogP contribution < -0.4 is 14.8 Å². The minimum atomic E-state index is -4.11. The molecule has 176 valence electrons. The summed E-state index contributed by atoms with van der Waals surface area (Å²) in [7, 11) is -4.11. The number of rotatable bonds is 7. The van der Waals surface area contributed by atoms with E-state index in [4.69, 9.17) is 20.5 Å². The zero-order chi connectivity index (χ0) is 23.4. The van der Waals surface area contributed by atoms with Crippen LogP contribution in [0.15, 0.2) is 41.3 Å². The molecule has 1 saturated heterocycles. The van der Waals surface area contributed by atoms with Crippen molar-refractivity contribution in [3.05, 3.63) is 47.0 Å². The van der Waals surface area contributed by atoms with Crippen molar-refractivity contribution in [1.29, 1.82) is 0 Å². The van der Waals surface area contributed by atoms with Crippen LogP contribution in [-0.4, -0.2) is 63.7 Å². The van der Waals surface area contributed by atoms with Gasteiger partial charge in [0.05, 0.1) is 28.5 Å². The fourth-order valence-corrected chi connectivity index (χ4v) is 6.01. The van der Waals surface area contributed by atoms with Gasteiger partial charge in [-0.15, -0.1) is 0 Å². The Morgan fingerprint density at radius 3 is 2.82 bits per heavy atom. The standard InChI is InChI=1S/C21H23ClN4O5S2/c1-14-3-2-4-16(22)19(14)33(28,29)31-15-5-6-17-18(13-15)32-21(24-17)25-20(27)23-7-8-26-9-11-30-12-10-26/h2-6,13H,7-12H2,1H3,(H2,23,24,25,27). The Morgan fingerprint density at radius 1 is 1.27 bits per heavy atom. The molecule has 1 aliphatic heterocycles. The second kappa shape index (κ2) is 10.2. The summed E-state index contributed by atoms with van der Waals surface area (Å²) in [5.74, 6) is 0.131. The molecule has 0 aliphatic carbocycles. The van der Waals surface area contributed by atoms with Gasteiger partial charge in [0.1, 0.15) is 10.6 Å². The number of hydrogen-bond donors (Lipinski definition) is 2. The molecule has 0 spiro atoms. The van der Waals surface area contributed by atoms with E-state index in [0.29, 0.717) is 40.7 Å². The molecule has 1 aromatic heterocycles. The van der Waals surface area contributed by atoms with Gasteiger partial charge in [-0.25, -0.2) is 9.78 Å². The summed E-state index contributed by atoms with van der Waals surface area (Å²) >= 11 is 7.30. The van der Waals surface area contributed by atoms with Crippen LogP contribution in [-0.2, 0) is 14.9 Å². The van der Waals surface area contributed by atoms with Crippen LogP contribution in [0.3, 0.4) is 0 Å². The van der Waals surface area contributed by atoms with E-state index >= 15 is 0 Å². The van der Waals surface area contributed by atoms with Gasteiger partial charge in [-0.1, -0.05) is 35.1 Å². The number of carbonyl (C=O) groups is 1. The summed E-state index contributed by atoms with van der Waals surface area (Å²) < 4.78 is 36.8. The van der Waals surface area contributed by atoms with Crippen LogP contribution in [0.25, 0.3) is 10.2 Å². The number of anilines is 1. The number of aryl methyl sites for hydroxylation is 1. The monoisotopic (exact) mass is 510 g/mol. The molecular formula is C21H23ClN4O5S2. The van der Waals surface area contributed by atoms with E-state index < -0.39 is 10.1 Å². The summed E-state index contributed by atoms with van der Waals surface area (Å²) in [5.41, 5.74) is 1.11. The number of thiazole rings is 1. The van der Waals surface area contributed by atoms with Gasteiger partial charge in [-0.05, 0) is 30.7 Å². The first kappa shape index (κ1) is 23.7. The number of nitrogens with zero attached hydrogens (tertiary/aromatic N) is 2. The Hall–Kier alpha value is -2.44. The molecule has 3 aromatic rings. The van der Waals surface area contributed by atoms with Gasteiger partial charge in [0.25, 0.3) is 0 Å². The van der Waals surface area contributed by atoms with Gasteiger partial charge in [0.2, 0.25) is 0 Å². The van der Waals surface area contributed by atoms with Crippen molar-refractivity contribution in [2.45, 2.75) is 11.8 Å². The lowest BCUT2D eigenvalue weighted by atomic mass is 10.2. The third-order valence-corrected chi connectivity index (χ3v) is 7.83. The van der Waals surface area contributed by atoms with Crippen molar-refractivity contribution in [3.63, 3.8) is 0 Å². The zero-order valence-electron chi connectivity index (χ0n) is 17.8. The normalized spacial score (nSPS) is 14.8. The van der Waals surface area contributed by atoms with Crippen molar-refractivity contribution in [2.75, 3.05) is 44.7 Å². The molecule has 0 bridgehead atoms. The van der Waals surface area contributed by atoms with Crippen LogP contribution in [0.2, 0.25) is 5.02 Å². The molecule has 2 N–H and O–H groups in total. The smallest absolute Gasteiger partial charge is 0.340 e. The van der Waals surface area contributed by atoms with Crippen LogP contribution in [0.5, 0.6) is 5.75 Å². The van der Waals surface area contributed by atoms with E-state index in [0.717, 1.165) is 19.6 Å². The highest BCUT2D eigenvalue weighted by Gasteiger charge is 2.23. The second-order valence-electron chi connectivity index (χ2n) is 7.41. The summed E-state index contributed by atoms with van der Waals surface area (Å²) in [6, 6.07) is 9.19. The number of benzene rings is 2. The van der Waals surface area contributed by atoms with Crippen molar-refractivity contribution >= 4 is 54.4 Å². The third-order valence-electron chi connectivity index (χ3n) is 5.02. The topological polar surface area (TPSA) is 110 Å². The number of morpholine rings is 1. The lowest BCUT2D eigenvalue weighted by Gasteiger charge is -2.26. The number of aromatic nitrogens is 1. The number of fused-ring (bicyclic) bond motifs is 1. The molecule has 0 radical (unpaired) electrons. The fourth-order valence-electron chi connectivity index (χ4n) is 3.41. The average Bonchev–Trinajstić information content (AvgIpc) is 3.15. The maximum atomic E-state index is 12.8. The maximum absolute atomic E-state index is 12.8. The highest BCUT2D eigenvalue weighted by Crippen LogP contribution is 2.32. The average molecular weight is 511 g/mol. The molecule has 33 heavy (non-hydrogen) atoms. The van der Waals surface area contributed by atoms with E-state index in [-0.39, 0.29) is 21.7 Å². The Kier molecular flexibility index (Phi) is 7.35. The van der Waals surface area contributed by atoms with Crippen LogP contribution in [0.4, 0.5) is 9.93 Å². The van der Waals surface area contributed by atoms with Gasteiger partial charge < -0.3 is 14.2 Å². The van der Waals surface area contributed by atoms with Gasteiger partial charge in [0.15, 0.2) is 5.13 Å². The molecule has 1 fully saturated rings. The number of nitrogens with one attached hydrogen (secondary N) is 2. The molecular weight excluding hydrogens is 488 g/mol. The lowest BCUT2D eigenvalue weighted by molar-refractivity contribution is 0.0388. The molecule has 4 rings (SSSR count). The highest BCUT2D eigenvalue weighted by molar-refractivity contribution is 7.87. The predicted octanol–water partition coefficient (Wildman–Crippen LogP) is 3.48. The maximum Gasteiger partial charge on any atom is 0.340 e. The van der Waals surface area contributed by atoms with Crippen LogP contribution in [0, 0.1) is 6.92 Å². The van der Waals surface area contributed by atoms with Gasteiger partial charge in [-0.2, -0.15) is 8.42 Å². The van der Waals surface area contributed by atoms with Gasteiger partial charge >= 0.3 is 16.1 Å². The molecule has 0 saturated carbocycles. The number of amides is 2. The zero-order valence-corrected chi connectivity index (χ0v) is 20.2. The van der Waals surface area contributed by atoms with Crippen molar-refractivity contribution < 1.29 is 22.1 Å². The summed E-state index contributed by atoms with van der Waals surface area (Å²) in [4.78, 5) is 18.7. The van der Waals surface area contributed by atoms with Crippen molar-refractivity contribution in [1.82, 2.24) is 15.2 Å². The largest absolute Gasteiger partial charge is 0.379 e. The molecule has 0 unspecified atom stereocenters. The number of halogens is 1. The molecule has 2 amide bonds. The molecule has 12 heteroatoms. The Bertz CT molecular complexity index is 1240. The fraction of sp³-hybridized carbons (Fsp3) is 0.333. The minimum Gasteiger partial charge on any atom is -0.379 e. The number of carbonyl (C=O) groups excluding carboxylic acids is 1. The van der Waals surface area contributed by atoms with E-state index in [1.807, 2.05) is 0 Å². The van der Waals surface area contributed by atoms with E-state index in [1.54, 1.807) is 31.2 Å². The summed E-state index contributed by atoms with van der Waals surface area (Å²) in [6.07, 6.45) is 0. The van der Waals surface area contributed by atoms with E-state index in [1.165, 1.54) is 23.5 Å². The Labute approximate surface area is 200 Å². The number of hydrogen-bond acceptors (Lipinski definition) is 8. The van der Waals surface area contributed by atoms with Crippen LogP contribution >= 0.6 is 22.9 Å². The van der Waals surface area contributed by atoms with E-state index in [9.17, 15) is 13.2 Å². The Balaban J connectivity index is 1.39. The van der Waals surface area contributed by atoms with E-state index in [2.05, 4.69) is 20.5 Å².